The summed E-state index contributed by atoms with van der Waals surface area (Å²) in [6.45, 7) is 2.65. The molecular weight excluding hydrogens is 255 g/mol. The van der Waals surface area contributed by atoms with Crippen LogP contribution in [0, 0.1) is 5.82 Å². The summed E-state index contributed by atoms with van der Waals surface area (Å²) in [4.78, 5) is 25.4. The molecule has 0 aromatic heterocycles. The molecule has 1 aromatic carbocycles. The number of carbonyl (C=O) groups is 2. The lowest BCUT2D eigenvalue weighted by Gasteiger charge is -2.17. The van der Waals surface area contributed by atoms with Gasteiger partial charge < -0.3 is 5.32 Å². The number of hydrogen-bond acceptors (Lipinski definition) is 3. The minimum atomic E-state index is -0.376. The Bertz CT molecular complexity index is 464. The van der Waals surface area contributed by atoms with Crippen LogP contribution >= 0.6 is 11.8 Å². The van der Waals surface area contributed by atoms with E-state index in [0.717, 1.165) is 4.90 Å². The molecule has 6 heteroatoms. The molecule has 1 heterocycles. The van der Waals surface area contributed by atoms with Crippen molar-refractivity contribution in [1.29, 1.82) is 0 Å². The molecule has 0 saturated carbocycles. The Hall–Kier alpha value is -1.56. The highest BCUT2D eigenvalue weighted by Crippen LogP contribution is 2.24. The zero-order valence-corrected chi connectivity index (χ0v) is 10.7. The van der Waals surface area contributed by atoms with Crippen LogP contribution in [0.25, 0.3) is 0 Å². The number of nitrogens with one attached hydrogen (secondary N) is 1. The van der Waals surface area contributed by atoms with Crippen LogP contribution in [0.2, 0.25) is 0 Å². The summed E-state index contributed by atoms with van der Waals surface area (Å²) in [5.74, 6) is -0.531. The molecule has 0 unspecified atom stereocenters. The second-order valence-electron chi connectivity index (χ2n) is 3.94. The highest BCUT2D eigenvalue weighted by Gasteiger charge is 2.29. The summed E-state index contributed by atoms with van der Waals surface area (Å²) in [5, 5.41) is 2.21. The largest absolute Gasteiger partial charge is 0.336 e. The van der Waals surface area contributed by atoms with Gasteiger partial charge in [-0.2, -0.15) is 0 Å². The third-order valence-electron chi connectivity index (χ3n) is 2.60. The first-order valence-corrected chi connectivity index (χ1v) is 6.47. The van der Waals surface area contributed by atoms with Gasteiger partial charge in [-0.25, -0.2) is 9.18 Å². The van der Waals surface area contributed by atoms with Crippen molar-refractivity contribution in [1.82, 2.24) is 10.2 Å². The number of rotatable bonds is 3. The maximum Gasteiger partial charge on any atom is 0.324 e. The zero-order chi connectivity index (χ0) is 13.1. The topological polar surface area (TPSA) is 49.4 Å². The van der Waals surface area contributed by atoms with E-state index in [-0.39, 0.29) is 23.0 Å². The first kappa shape index (κ1) is 12.9. The molecule has 0 bridgehead atoms. The highest BCUT2D eigenvalue weighted by molar-refractivity contribution is 8.00. The van der Waals surface area contributed by atoms with Gasteiger partial charge in [0.1, 0.15) is 5.82 Å². The molecule has 0 spiro atoms. The summed E-state index contributed by atoms with van der Waals surface area (Å²) in [6, 6.07) is 5.60. The first-order chi connectivity index (χ1) is 8.58. The molecule has 1 fully saturated rings. The summed E-state index contributed by atoms with van der Waals surface area (Å²) in [6.07, 6.45) is 0. The van der Waals surface area contributed by atoms with Crippen molar-refractivity contribution in [3.8, 4) is 0 Å². The smallest absolute Gasteiger partial charge is 0.324 e. The summed E-state index contributed by atoms with van der Waals surface area (Å²) >= 11 is 1.31. The van der Waals surface area contributed by atoms with Crippen molar-refractivity contribution in [2.45, 2.75) is 17.1 Å². The van der Waals surface area contributed by atoms with Gasteiger partial charge in [0.15, 0.2) is 0 Å². The molecule has 96 valence electrons. The van der Waals surface area contributed by atoms with E-state index in [1.165, 1.54) is 28.8 Å². The monoisotopic (exact) mass is 268 g/mol. The van der Waals surface area contributed by atoms with Gasteiger partial charge in [-0.1, -0.05) is 0 Å². The number of amides is 3. The highest BCUT2D eigenvalue weighted by atomic mass is 32.2. The van der Waals surface area contributed by atoms with E-state index in [1.807, 2.05) is 0 Å². The van der Waals surface area contributed by atoms with Crippen molar-refractivity contribution in [3.63, 3.8) is 0 Å². The fourth-order valence-corrected chi connectivity index (χ4v) is 2.60. The van der Waals surface area contributed by atoms with E-state index in [1.54, 1.807) is 19.1 Å². The maximum absolute atomic E-state index is 12.7. The third kappa shape index (κ3) is 2.81. The van der Waals surface area contributed by atoms with Gasteiger partial charge in [0.25, 0.3) is 0 Å². The van der Waals surface area contributed by atoms with E-state index in [2.05, 4.69) is 5.32 Å². The Balaban J connectivity index is 1.99. The number of nitrogens with zero attached hydrogens (tertiary/aromatic N) is 1. The molecule has 0 aliphatic carbocycles. The molecule has 1 aromatic rings. The fourth-order valence-electron chi connectivity index (χ4n) is 1.67. The predicted octanol–water partition coefficient (Wildman–Crippen LogP) is 1.86. The minimum absolute atomic E-state index is 0.223. The van der Waals surface area contributed by atoms with Crippen LogP contribution in [0.3, 0.4) is 0 Å². The SMILES string of the molecule is C[C@@H](Sc1ccc(F)cc1)C(=O)N1CCNC1=O. The first-order valence-electron chi connectivity index (χ1n) is 5.59. The van der Waals surface area contributed by atoms with Crippen molar-refractivity contribution < 1.29 is 14.0 Å². The molecule has 3 amide bonds. The summed E-state index contributed by atoms with van der Waals surface area (Å²) in [5.41, 5.74) is 0. The van der Waals surface area contributed by atoms with Gasteiger partial charge in [-0.05, 0) is 31.2 Å². The number of carbonyl (C=O) groups excluding carboxylic acids is 2. The fraction of sp³-hybridized carbons (Fsp3) is 0.333. The molecular formula is C12H13FN2O2S. The van der Waals surface area contributed by atoms with Crippen molar-refractivity contribution in [2.24, 2.45) is 0 Å². The number of benzene rings is 1. The summed E-state index contributed by atoms with van der Waals surface area (Å²) in [7, 11) is 0. The maximum atomic E-state index is 12.7. The predicted molar refractivity (Wildman–Crippen MR) is 66.8 cm³/mol. The van der Waals surface area contributed by atoms with Gasteiger partial charge >= 0.3 is 6.03 Å². The Morgan fingerprint density at radius 3 is 2.67 bits per heavy atom. The van der Waals surface area contributed by atoms with Crippen LogP contribution in [-0.4, -0.2) is 35.2 Å². The Kier molecular flexibility index (Phi) is 3.86. The average Bonchev–Trinajstić information content (AvgIpc) is 2.77. The van der Waals surface area contributed by atoms with Gasteiger partial charge in [0, 0.05) is 18.0 Å². The van der Waals surface area contributed by atoms with Crippen LogP contribution in [0.4, 0.5) is 9.18 Å². The van der Waals surface area contributed by atoms with E-state index >= 15 is 0 Å². The third-order valence-corrected chi connectivity index (χ3v) is 3.70. The quantitative estimate of drug-likeness (QED) is 0.851. The normalized spacial score (nSPS) is 16.6. The van der Waals surface area contributed by atoms with Gasteiger partial charge in [0.05, 0.1) is 5.25 Å². The number of thioether (sulfide) groups is 1. The zero-order valence-electron chi connectivity index (χ0n) is 9.85. The van der Waals surface area contributed by atoms with E-state index in [9.17, 15) is 14.0 Å². The number of imide groups is 1. The molecule has 1 atom stereocenters. The van der Waals surface area contributed by atoms with Crippen LogP contribution in [0.5, 0.6) is 0 Å². The Morgan fingerprint density at radius 1 is 1.44 bits per heavy atom. The van der Waals surface area contributed by atoms with Crippen LogP contribution in [0.15, 0.2) is 29.2 Å². The average molecular weight is 268 g/mol. The standard InChI is InChI=1S/C12H13FN2O2S/c1-8(11(16)15-7-6-14-12(15)17)18-10-4-2-9(13)3-5-10/h2-5,8H,6-7H2,1H3,(H,14,17)/t8-/m1/s1. The van der Waals surface area contributed by atoms with Crippen LogP contribution in [0.1, 0.15) is 6.92 Å². The van der Waals surface area contributed by atoms with Crippen molar-refractivity contribution in [3.05, 3.63) is 30.1 Å². The lowest BCUT2D eigenvalue weighted by molar-refractivity contribution is -0.126. The lowest BCUT2D eigenvalue weighted by Crippen LogP contribution is -2.38. The van der Waals surface area contributed by atoms with E-state index in [4.69, 9.17) is 0 Å². The van der Waals surface area contributed by atoms with Crippen LogP contribution < -0.4 is 5.32 Å². The molecule has 1 saturated heterocycles. The van der Waals surface area contributed by atoms with Gasteiger partial charge in [0.2, 0.25) is 5.91 Å². The van der Waals surface area contributed by atoms with Crippen LogP contribution in [-0.2, 0) is 4.79 Å². The second kappa shape index (κ2) is 5.39. The molecule has 4 nitrogen and oxygen atoms in total. The Labute approximate surface area is 109 Å². The molecule has 1 aliphatic rings. The number of urea groups is 1. The van der Waals surface area contributed by atoms with Gasteiger partial charge in [-0.15, -0.1) is 11.8 Å². The Morgan fingerprint density at radius 2 is 2.11 bits per heavy atom. The molecule has 18 heavy (non-hydrogen) atoms. The molecule has 2 rings (SSSR count). The van der Waals surface area contributed by atoms with E-state index < -0.39 is 0 Å². The lowest BCUT2D eigenvalue weighted by atomic mass is 10.3. The van der Waals surface area contributed by atoms with E-state index in [0.29, 0.717) is 13.1 Å². The van der Waals surface area contributed by atoms with Gasteiger partial charge in [-0.3, -0.25) is 9.69 Å². The molecule has 1 aliphatic heterocycles. The number of halogens is 1. The van der Waals surface area contributed by atoms with Crippen molar-refractivity contribution >= 4 is 23.7 Å². The summed E-state index contributed by atoms with van der Waals surface area (Å²) < 4.78 is 12.7. The second-order valence-corrected chi connectivity index (χ2v) is 5.35. The van der Waals surface area contributed by atoms with Crippen molar-refractivity contribution in [2.75, 3.05) is 13.1 Å². The minimum Gasteiger partial charge on any atom is -0.336 e. The molecule has 1 N–H and O–H groups in total. The number of hydrogen-bond donors (Lipinski definition) is 1. The molecule has 0 radical (unpaired) electrons.